The molecular formula is C25H29NO3. The third-order valence-corrected chi connectivity index (χ3v) is 6.95. The molecule has 0 saturated carbocycles. The largest absolute Gasteiger partial charge is 0.487 e. The lowest BCUT2D eigenvalue weighted by atomic mass is 9.74. The number of nitrogens with zero attached hydrogens (tertiary/aromatic N) is 1. The van der Waals surface area contributed by atoms with Gasteiger partial charge in [0.2, 0.25) is 5.91 Å². The highest BCUT2D eigenvalue weighted by molar-refractivity contribution is 5.77. The molecule has 2 aromatic carbocycles. The van der Waals surface area contributed by atoms with Crippen LogP contribution in [0.2, 0.25) is 0 Å². The Morgan fingerprint density at radius 2 is 1.86 bits per heavy atom. The zero-order valence-electron chi connectivity index (χ0n) is 17.2. The highest BCUT2D eigenvalue weighted by atomic mass is 16.5. The third-order valence-electron chi connectivity index (χ3n) is 6.95. The van der Waals surface area contributed by atoms with E-state index >= 15 is 0 Å². The van der Waals surface area contributed by atoms with Crippen LogP contribution in [0.15, 0.2) is 54.6 Å². The number of para-hydroxylation sites is 1. The summed E-state index contributed by atoms with van der Waals surface area (Å²) in [5.74, 6) is 1.42. The highest BCUT2D eigenvalue weighted by Gasteiger charge is 2.53. The first-order valence-corrected chi connectivity index (χ1v) is 10.8. The van der Waals surface area contributed by atoms with E-state index in [1.54, 1.807) is 0 Å². The van der Waals surface area contributed by atoms with Crippen LogP contribution in [0.1, 0.15) is 50.3 Å². The Morgan fingerprint density at radius 1 is 1.10 bits per heavy atom. The van der Waals surface area contributed by atoms with Gasteiger partial charge in [0.1, 0.15) is 11.4 Å². The number of fused-ring (bicyclic) bond motifs is 4. The van der Waals surface area contributed by atoms with Crippen LogP contribution in [0.5, 0.6) is 5.75 Å². The Morgan fingerprint density at radius 3 is 2.69 bits per heavy atom. The van der Waals surface area contributed by atoms with Crippen molar-refractivity contribution in [2.75, 3.05) is 6.54 Å². The average Bonchev–Trinajstić information content (AvgIpc) is 3.15. The first-order chi connectivity index (χ1) is 14.0. The van der Waals surface area contributed by atoms with Crippen molar-refractivity contribution in [3.8, 4) is 5.75 Å². The van der Waals surface area contributed by atoms with Gasteiger partial charge in [0, 0.05) is 24.4 Å². The van der Waals surface area contributed by atoms with E-state index < -0.39 is 0 Å². The van der Waals surface area contributed by atoms with E-state index in [1.807, 2.05) is 30.3 Å². The standard InChI is InChI=1S/C25H29NO3/c1-25(2)19-16-20-22(28-24(19)18-10-6-7-11-21(18)29-25)14-15-26(20)23(27)13-12-17-8-4-3-5-9-17/h3-11,19-20,22,24H,12-16H2,1-2H3/t19-,20-,22-,24+/m1/s1. The minimum absolute atomic E-state index is 0.0515. The maximum absolute atomic E-state index is 13.0. The predicted octanol–water partition coefficient (Wildman–Crippen LogP) is 4.54. The minimum atomic E-state index is -0.314. The molecule has 3 heterocycles. The number of amides is 1. The molecule has 0 spiro atoms. The number of aryl methyl sites for hydroxylation is 1. The van der Waals surface area contributed by atoms with Crippen molar-refractivity contribution in [3.63, 3.8) is 0 Å². The van der Waals surface area contributed by atoms with E-state index in [4.69, 9.17) is 9.47 Å². The van der Waals surface area contributed by atoms with Crippen molar-refractivity contribution >= 4 is 5.91 Å². The van der Waals surface area contributed by atoms with Crippen LogP contribution < -0.4 is 4.74 Å². The molecule has 2 saturated heterocycles. The lowest BCUT2D eigenvalue weighted by Crippen LogP contribution is -2.54. The van der Waals surface area contributed by atoms with Crippen LogP contribution in [-0.2, 0) is 16.0 Å². The number of hydrogen-bond donors (Lipinski definition) is 0. The van der Waals surface area contributed by atoms with Crippen molar-refractivity contribution in [1.29, 1.82) is 0 Å². The molecule has 3 aliphatic heterocycles. The summed E-state index contributed by atoms with van der Waals surface area (Å²) in [5.41, 5.74) is 2.06. The SMILES string of the molecule is CC1(C)Oc2ccccc2[C@@H]2O[C@@H]3CCN(C(=O)CCc4ccccc4)[C@@H]3C[C@H]21. The summed E-state index contributed by atoms with van der Waals surface area (Å²) in [6, 6.07) is 18.7. The number of hydrogen-bond acceptors (Lipinski definition) is 3. The van der Waals surface area contributed by atoms with Crippen molar-refractivity contribution in [2.45, 2.75) is 63.4 Å². The molecule has 5 rings (SSSR count). The van der Waals surface area contributed by atoms with Crippen LogP contribution >= 0.6 is 0 Å². The van der Waals surface area contributed by atoms with Gasteiger partial charge in [-0.25, -0.2) is 0 Å². The third kappa shape index (κ3) is 3.33. The Kier molecular flexibility index (Phi) is 4.62. The molecule has 0 aliphatic carbocycles. The minimum Gasteiger partial charge on any atom is -0.487 e. The van der Waals surface area contributed by atoms with Crippen molar-refractivity contribution in [1.82, 2.24) is 4.90 Å². The number of likely N-dealkylation sites (tertiary alicyclic amines) is 1. The van der Waals surface area contributed by atoms with Gasteiger partial charge < -0.3 is 14.4 Å². The zero-order chi connectivity index (χ0) is 20.0. The molecule has 29 heavy (non-hydrogen) atoms. The fraction of sp³-hybridized carbons (Fsp3) is 0.480. The maximum Gasteiger partial charge on any atom is 0.223 e. The molecule has 4 nitrogen and oxygen atoms in total. The summed E-state index contributed by atoms with van der Waals surface area (Å²) >= 11 is 0. The number of ether oxygens (including phenoxy) is 2. The lowest BCUT2D eigenvalue weighted by molar-refractivity contribution is -0.167. The molecule has 0 aromatic heterocycles. The van der Waals surface area contributed by atoms with E-state index in [2.05, 4.69) is 43.0 Å². The van der Waals surface area contributed by atoms with Gasteiger partial charge >= 0.3 is 0 Å². The second-order valence-electron chi connectivity index (χ2n) is 9.11. The number of carbonyl (C=O) groups is 1. The molecule has 0 radical (unpaired) electrons. The Hall–Kier alpha value is -2.33. The molecule has 152 valence electrons. The molecule has 0 N–H and O–H groups in total. The van der Waals surface area contributed by atoms with Gasteiger partial charge in [-0.1, -0.05) is 48.5 Å². The first-order valence-electron chi connectivity index (χ1n) is 10.8. The monoisotopic (exact) mass is 391 g/mol. The molecule has 4 atom stereocenters. The van der Waals surface area contributed by atoms with Crippen LogP contribution in [0, 0.1) is 5.92 Å². The van der Waals surface area contributed by atoms with Gasteiger partial charge in [0.05, 0.1) is 18.2 Å². The fourth-order valence-corrected chi connectivity index (χ4v) is 5.39. The molecule has 4 heteroatoms. The summed E-state index contributed by atoms with van der Waals surface area (Å²) in [5, 5.41) is 0. The van der Waals surface area contributed by atoms with Crippen molar-refractivity contribution in [2.24, 2.45) is 5.92 Å². The normalized spacial score (nSPS) is 29.4. The second kappa shape index (κ2) is 7.17. The molecule has 2 fully saturated rings. The topological polar surface area (TPSA) is 38.8 Å². The van der Waals surface area contributed by atoms with Gasteiger partial charge in [-0.15, -0.1) is 0 Å². The summed E-state index contributed by atoms with van der Waals surface area (Å²) in [6.45, 7) is 5.10. The summed E-state index contributed by atoms with van der Waals surface area (Å²) in [7, 11) is 0. The van der Waals surface area contributed by atoms with Gasteiger partial charge in [-0.3, -0.25) is 4.79 Å². The van der Waals surface area contributed by atoms with E-state index in [0.29, 0.717) is 6.42 Å². The Labute approximate surface area is 172 Å². The van der Waals surface area contributed by atoms with Crippen LogP contribution in [0.4, 0.5) is 0 Å². The molecule has 0 bridgehead atoms. The quantitative estimate of drug-likeness (QED) is 0.771. The summed E-state index contributed by atoms with van der Waals surface area (Å²) in [6.07, 6.45) is 3.39. The molecule has 0 unspecified atom stereocenters. The first kappa shape index (κ1) is 18.7. The smallest absolute Gasteiger partial charge is 0.223 e. The lowest BCUT2D eigenvalue weighted by Gasteiger charge is -2.50. The summed E-state index contributed by atoms with van der Waals surface area (Å²) in [4.78, 5) is 15.1. The Bertz CT molecular complexity index is 894. The average molecular weight is 392 g/mol. The van der Waals surface area contributed by atoms with E-state index in [0.717, 1.165) is 37.1 Å². The fourth-order valence-electron chi connectivity index (χ4n) is 5.39. The number of carbonyl (C=O) groups excluding carboxylic acids is 1. The van der Waals surface area contributed by atoms with Crippen molar-refractivity contribution in [3.05, 3.63) is 65.7 Å². The molecule has 1 amide bonds. The zero-order valence-corrected chi connectivity index (χ0v) is 17.2. The van der Waals surface area contributed by atoms with E-state index in [1.165, 1.54) is 5.56 Å². The molecule has 3 aliphatic rings. The molecule has 2 aromatic rings. The van der Waals surface area contributed by atoms with Gasteiger partial charge in [-0.05, 0) is 44.7 Å². The van der Waals surface area contributed by atoms with Crippen LogP contribution in [0.25, 0.3) is 0 Å². The van der Waals surface area contributed by atoms with Crippen molar-refractivity contribution < 1.29 is 14.3 Å². The van der Waals surface area contributed by atoms with Crippen LogP contribution in [0.3, 0.4) is 0 Å². The van der Waals surface area contributed by atoms with Gasteiger partial charge in [-0.2, -0.15) is 0 Å². The second-order valence-corrected chi connectivity index (χ2v) is 9.11. The highest BCUT2D eigenvalue weighted by Crippen LogP contribution is 2.52. The Balaban J connectivity index is 1.33. The van der Waals surface area contributed by atoms with E-state index in [9.17, 15) is 4.79 Å². The van der Waals surface area contributed by atoms with E-state index in [-0.39, 0.29) is 35.7 Å². The summed E-state index contributed by atoms with van der Waals surface area (Å²) < 4.78 is 13.0. The van der Waals surface area contributed by atoms with Gasteiger partial charge in [0.15, 0.2) is 0 Å². The molecular weight excluding hydrogens is 362 g/mol. The predicted molar refractivity (Wildman–Crippen MR) is 112 cm³/mol. The number of rotatable bonds is 3. The number of benzene rings is 2. The maximum atomic E-state index is 13.0. The van der Waals surface area contributed by atoms with Gasteiger partial charge in [0.25, 0.3) is 0 Å². The van der Waals surface area contributed by atoms with Crippen LogP contribution in [-0.4, -0.2) is 35.1 Å².